The number of piperidine rings is 1. The molecule has 1 aromatic heterocycles. The molecular formula is C26H33N3O. The molecule has 0 amide bonds. The standard InChI is InChI=1S/C26H33N3O/c30-19-23-18-29(13-10-21-6-2-1-3-7-21)20-26(23)11-14-28(15-12-26)17-22-16-27-25-9-5-4-8-24(22)25/h1-9,16,23,27,30H,10-15,17-20H2. The Bertz CT molecular complexity index is 959. The number of H-pyrrole nitrogens is 1. The van der Waals surface area contributed by atoms with E-state index in [0.29, 0.717) is 17.9 Å². The van der Waals surface area contributed by atoms with Crippen LogP contribution in [0.2, 0.25) is 0 Å². The van der Waals surface area contributed by atoms with E-state index in [1.54, 1.807) is 0 Å². The number of aliphatic hydroxyl groups is 1. The maximum Gasteiger partial charge on any atom is 0.0477 e. The second-order valence-corrected chi connectivity index (χ2v) is 9.35. The molecule has 158 valence electrons. The van der Waals surface area contributed by atoms with E-state index in [-0.39, 0.29) is 0 Å². The smallest absolute Gasteiger partial charge is 0.0477 e. The summed E-state index contributed by atoms with van der Waals surface area (Å²) in [7, 11) is 0. The van der Waals surface area contributed by atoms with Crippen molar-refractivity contribution in [2.24, 2.45) is 11.3 Å². The Kier molecular flexibility index (Phi) is 5.64. The second-order valence-electron chi connectivity index (χ2n) is 9.35. The van der Waals surface area contributed by atoms with E-state index in [1.807, 2.05) is 0 Å². The molecule has 2 aliphatic rings. The van der Waals surface area contributed by atoms with E-state index >= 15 is 0 Å². The summed E-state index contributed by atoms with van der Waals surface area (Å²) in [6.45, 7) is 6.88. The Morgan fingerprint density at radius 1 is 0.967 bits per heavy atom. The molecule has 2 saturated heterocycles. The van der Waals surface area contributed by atoms with Crippen LogP contribution < -0.4 is 0 Å². The van der Waals surface area contributed by atoms with Gasteiger partial charge in [0.1, 0.15) is 0 Å². The van der Waals surface area contributed by atoms with Crippen LogP contribution in [0.15, 0.2) is 60.8 Å². The van der Waals surface area contributed by atoms with Gasteiger partial charge in [-0.25, -0.2) is 0 Å². The van der Waals surface area contributed by atoms with Gasteiger partial charge in [0.15, 0.2) is 0 Å². The normalized spacial score (nSPS) is 22.2. The molecule has 1 spiro atoms. The minimum atomic E-state index is 0.294. The number of para-hydroxylation sites is 1. The van der Waals surface area contributed by atoms with E-state index in [9.17, 15) is 5.11 Å². The number of hydrogen-bond acceptors (Lipinski definition) is 3. The number of aliphatic hydroxyl groups excluding tert-OH is 1. The van der Waals surface area contributed by atoms with E-state index in [4.69, 9.17) is 0 Å². The van der Waals surface area contributed by atoms with Crippen molar-refractivity contribution in [3.8, 4) is 0 Å². The molecule has 30 heavy (non-hydrogen) atoms. The van der Waals surface area contributed by atoms with Crippen LogP contribution in [0.1, 0.15) is 24.0 Å². The third kappa shape index (κ3) is 3.92. The molecule has 0 bridgehead atoms. The highest BCUT2D eigenvalue weighted by Crippen LogP contribution is 2.44. The van der Waals surface area contributed by atoms with Crippen LogP contribution in [0.25, 0.3) is 10.9 Å². The van der Waals surface area contributed by atoms with Gasteiger partial charge in [-0.15, -0.1) is 0 Å². The van der Waals surface area contributed by atoms with Gasteiger partial charge in [0.25, 0.3) is 0 Å². The summed E-state index contributed by atoms with van der Waals surface area (Å²) >= 11 is 0. The molecule has 4 heteroatoms. The fraction of sp³-hybridized carbons (Fsp3) is 0.462. The van der Waals surface area contributed by atoms with Gasteiger partial charge in [-0.1, -0.05) is 48.5 Å². The molecule has 1 unspecified atom stereocenters. The Morgan fingerprint density at radius 2 is 1.73 bits per heavy atom. The number of fused-ring (bicyclic) bond motifs is 1. The van der Waals surface area contributed by atoms with Gasteiger partial charge in [-0.3, -0.25) is 4.90 Å². The summed E-state index contributed by atoms with van der Waals surface area (Å²) < 4.78 is 0. The van der Waals surface area contributed by atoms with E-state index < -0.39 is 0 Å². The van der Waals surface area contributed by atoms with Crippen molar-refractivity contribution in [3.63, 3.8) is 0 Å². The lowest BCUT2D eigenvalue weighted by Crippen LogP contribution is -2.44. The highest BCUT2D eigenvalue weighted by Gasteiger charge is 2.47. The van der Waals surface area contributed by atoms with Crippen molar-refractivity contribution in [3.05, 3.63) is 71.9 Å². The first-order valence-electron chi connectivity index (χ1n) is 11.4. The number of benzene rings is 2. The number of likely N-dealkylation sites (tertiary alicyclic amines) is 2. The molecule has 3 heterocycles. The molecule has 2 N–H and O–H groups in total. The maximum absolute atomic E-state index is 10.1. The number of rotatable bonds is 6. The average Bonchev–Trinajstić information content (AvgIpc) is 3.36. The predicted molar refractivity (Wildman–Crippen MR) is 122 cm³/mol. The Balaban J connectivity index is 1.19. The van der Waals surface area contributed by atoms with Gasteiger partial charge < -0.3 is 15.0 Å². The second kappa shape index (κ2) is 8.54. The van der Waals surface area contributed by atoms with Crippen LogP contribution in [0.4, 0.5) is 0 Å². The molecule has 0 aliphatic carbocycles. The SMILES string of the molecule is OCC1CN(CCc2ccccc2)CC12CCN(Cc1c[nH]c3ccccc13)CC2. The molecule has 5 rings (SSSR count). The third-order valence-electron chi connectivity index (χ3n) is 7.58. The van der Waals surface area contributed by atoms with Gasteiger partial charge in [0.05, 0.1) is 0 Å². The monoisotopic (exact) mass is 403 g/mol. The summed E-state index contributed by atoms with van der Waals surface area (Å²) in [4.78, 5) is 8.61. The molecule has 4 nitrogen and oxygen atoms in total. The first kappa shape index (κ1) is 19.8. The summed E-state index contributed by atoms with van der Waals surface area (Å²) in [5.74, 6) is 0.420. The van der Waals surface area contributed by atoms with Gasteiger partial charge in [0.2, 0.25) is 0 Å². The molecular weight excluding hydrogens is 370 g/mol. The lowest BCUT2D eigenvalue weighted by atomic mass is 9.71. The van der Waals surface area contributed by atoms with Gasteiger partial charge >= 0.3 is 0 Å². The van der Waals surface area contributed by atoms with Crippen LogP contribution in [0, 0.1) is 11.3 Å². The number of hydrogen-bond donors (Lipinski definition) is 2. The molecule has 1 atom stereocenters. The predicted octanol–water partition coefficient (Wildman–Crippen LogP) is 3.92. The third-order valence-corrected chi connectivity index (χ3v) is 7.58. The molecule has 0 radical (unpaired) electrons. The lowest BCUT2D eigenvalue weighted by Gasteiger charge is -2.42. The fourth-order valence-corrected chi connectivity index (χ4v) is 5.72. The number of aromatic amines is 1. The van der Waals surface area contributed by atoms with Crippen molar-refractivity contribution < 1.29 is 5.11 Å². The van der Waals surface area contributed by atoms with E-state index in [1.165, 1.54) is 34.9 Å². The van der Waals surface area contributed by atoms with Crippen molar-refractivity contribution in [1.29, 1.82) is 0 Å². The highest BCUT2D eigenvalue weighted by atomic mass is 16.3. The highest BCUT2D eigenvalue weighted by molar-refractivity contribution is 5.82. The summed E-state index contributed by atoms with van der Waals surface area (Å²) in [5.41, 5.74) is 4.33. The molecule has 2 fully saturated rings. The van der Waals surface area contributed by atoms with Gasteiger partial charge in [-0.05, 0) is 55.0 Å². The van der Waals surface area contributed by atoms with E-state index in [0.717, 1.165) is 45.7 Å². The Labute approximate surface area is 179 Å². The molecule has 2 aliphatic heterocycles. The van der Waals surface area contributed by atoms with Gasteiger partial charge in [0, 0.05) is 55.8 Å². The van der Waals surface area contributed by atoms with Crippen molar-refractivity contribution in [2.45, 2.75) is 25.8 Å². The van der Waals surface area contributed by atoms with Gasteiger partial charge in [-0.2, -0.15) is 0 Å². The van der Waals surface area contributed by atoms with Crippen LogP contribution in [-0.2, 0) is 13.0 Å². The average molecular weight is 404 g/mol. The molecule has 2 aromatic carbocycles. The lowest BCUT2D eigenvalue weighted by molar-refractivity contribution is 0.0485. The van der Waals surface area contributed by atoms with Crippen molar-refractivity contribution >= 4 is 10.9 Å². The quantitative estimate of drug-likeness (QED) is 0.656. The first-order valence-corrected chi connectivity index (χ1v) is 11.4. The largest absolute Gasteiger partial charge is 0.396 e. The van der Waals surface area contributed by atoms with E-state index in [2.05, 4.69) is 75.6 Å². The van der Waals surface area contributed by atoms with Crippen LogP contribution in [0.5, 0.6) is 0 Å². The number of nitrogens with zero attached hydrogens (tertiary/aromatic N) is 2. The zero-order chi connectivity index (χ0) is 20.4. The zero-order valence-corrected chi connectivity index (χ0v) is 17.8. The summed E-state index contributed by atoms with van der Waals surface area (Å²) in [6, 6.07) is 19.4. The van der Waals surface area contributed by atoms with Crippen LogP contribution in [-0.4, -0.2) is 59.2 Å². The fourth-order valence-electron chi connectivity index (χ4n) is 5.72. The van der Waals surface area contributed by atoms with Crippen molar-refractivity contribution in [2.75, 3.05) is 39.3 Å². The summed E-state index contributed by atoms with van der Waals surface area (Å²) in [6.07, 6.45) is 5.67. The number of nitrogens with one attached hydrogen (secondary N) is 1. The molecule has 0 saturated carbocycles. The Hall–Kier alpha value is -2.14. The topological polar surface area (TPSA) is 42.5 Å². The van der Waals surface area contributed by atoms with Crippen molar-refractivity contribution in [1.82, 2.24) is 14.8 Å². The minimum Gasteiger partial charge on any atom is -0.396 e. The maximum atomic E-state index is 10.1. The zero-order valence-electron chi connectivity index (χ0n) is 17.8. The number of aromatic nitrogens is 1. The Morgan fingerprint density at radius 3 is 2.53 bits per heavy atom. The van der Waals surface area contributed by atoms with Crippen LogP contribution in [0.3, 0.4) is 0 Å². The minimum absolute atomic E-state index is 0.294. The summed E-state index contributed by atoms with van der Waals surface area (Å²) in [5, 5.41) is 11.5. The first-order chi connectivity index (χ1) is 14.8. The van der Waals surface area contributed by atoms with Crippen LogP contribution >= 0.6 is 0 Å². The molecule has 3 aromatic rings.